The number of carbonyl (C=O) groups excluding carboxylic acids is 3. The van der Waals surface area contributed by atoms with Crippen LogP contribution in [0.25, 0.3) is 0 Å². The minimum Gasteiger partial charge on any atom is -0.460 e. The van der Waals surface area contributed by atoms with E-state index in [1.807, 2.05) is 20.8 Å². The van der Waals surface area contributed by atoms with Gasteiger partial charge in [0, 0.05) is 25.4 Å². The van der Waals surface area contributed by atoms with Gasteiger partial charge in [0.25, 0.3) is 5.91 Å². The molecule has 2 unspecified atom stereocenters. The zero-order valence-electron chi connectivity index (χ0n) is 23.4. The summed E-state index contributed by atoms with van der Waals surface area (Å²) in [7, 11) is 0. The first-order valence-corrected chi connectivity index (χ1v) is 13.6. The average molecular weight is 546 g/mol. The van der Waals surface area contributed by atoms with Gasteiger partial charge in [-0.15, -0.1) is 0 Å². The Morgan fingerprint density at radius 1 is 1.21 bits per heavy atom. The molecule has 0 saturated carbocycles. The summed E-state index contributed by atoms with van der Waals surface area (Å²) < 4.78 is 26.2. The number of aliphatic hydroxyl groups excluding tert-OH is 1. The van der Waals surface area contributed by atoms with Crippen molar-refractivity contribution in [2.75, 3.05) is 13.1 Å². The highest BCUT2D eigenvalue weighted by atomic mass is 19.1. The van der Waals surface area contributed by atoms with Crippen molar-refractivity contribution in [2.24, 2.45) is 11.8 Å². The van der Waals surface area contributed by atoms with Crippen LogP contribution < -0.4 is 5.32 Å². The van der Waals surface area contributed by atoms with Crippen LogP contribution in [0.3, 0.4) is 0 Å². The van der Waals surface area contributed by atoms with Crippen LogP contribution in [-0.4, -0.2) is 70.3 Å². The number of alkyl halides is 1. The van der Waals surface area contributed by atoms with Crippen molar-refractivity contribution in [2.45, 2.75) is 84.7 Å². The lowest BCUT2D eigenvalue weighted by molar-refractivity contribution is -0.158. The molecule has 2 aliphatic heterocycles. The molecule has 0 aromatic carbocycles. The fraction of sp³-hybridized carbons (Fsp3) is 0.586. The Hall–Kier alpha value is -3.27. The lowest BCUT2D eigenvalue weighted by atomic mass is 9.94. The van der Waals surface area contributed by atoms with Crippen molar-refractivity contribution in [3.05, 3.63) is 53.3 Å². The second kappa shape index (κ2) is 13.7. The van der Waals surface area contributed by atoms with Gasteiger partial charge in [0.1, 0.15) is 24.1 Å². The fourth-order valence-corrected chi connectivity index (χ4v) is 4.96. The van der Waals surface area contributed by atoms with E-state index in [1.165, 1.54) is 17.1 Å². The number of fused-ring (bicyclic) bond motifs is 3. The molecule has 2 amide bonds. The SMILES string of the molecule is CC1=C\[C@@H](O)CC(F)Cc2nc(c(C)o2)C(=O)N2CCCC2C(=O)O[C@H](C(C)C)[C@H](C)/C=C/C(=O)NC\C=C\1. The number of cyclic esters (lactones) is 1. The third-order valence-electron chi connectivity index (χ3n) is 6.93. The van der Waals surface area contributed by atoms with E-state index in [-0.39, 0.29) is 54.5 Å². The number of aliphatic hydroxyl groups is 1. The number of aryl methyl sites for hydroxylation is 1. The number of allylic oxidation sites excluding steroid dienone is 2. The van der Waals surface area contributed by atoms with Gasteiger partial charge >= 0.3 is 5.97 Å². The lowest BCUT2D eigenvalue weighted by Crippen LogP contribution is -2.44. The molecule has 2 aliphatic rings. The highest BCUT2D eigenvalue weighted by Gasteiger charge is 2.39. The molecule has 0 spiro atoms. The van der Waals surface area contributed by atoms with E-state index in [4.69, 9.17) is 9.15 Å². The van der Waals surface area contributed by atoms with E-state index < -0.39 is 36.3 Å². The molecule has 1 aromatic rings. The minimum atomic E-state index is -1.45. The maximum atomic E-state index is 14.7. The van der Waals surface area contributed by atoms with Crippen LogP contribution in [-0.2, 0) is 20.7 Å². The smallest absolute Gasteiger partial charge is 0.329 e. The Morgan fingerprint density at radius 3 is 2.67 bits per heavy atom. The number of carbonyl (C=O) groups is 3. The summed E-state index contributed by atoms with van der Waals surface area (Å²) in [5.74, 6) is -1.24. The number of hydrogen-bond donors (Lipinski definition) is 2. The summed E-state index contributed by atoms with van der Waals surface area (Å²) >= 11 is 0. The van der Waals surface area contributed by atoms with Crippen LogP contribution in [0.5, 0.6) is 0 Å². The lowest BCUT2D eigenvalue weighted by Gasteiger charge is -2.29. The standard InChI is InChI=1S/C29H40FN3O6/c1-17(2)27-19(4)10-11-24(35)31-12-6-8-18(3)14-22(34)15-21(30)16-25-32-26(20(5)38-25)28(36)33-13-7-9-23(33)29(37)39-27/h6,8,10-11,14,17,19,21-23,27,34H,7,9,12-13,15-16H2,1-5H3,(H,31,35)/b8-6+,11-10+,18-14+/t19-,21?,22-,23?,27-/m1/s1. The summed E-state index contributed by atoms with van der Waals surface area (Å²) in [4.78, 5) is 44.6. The second-order valence-electron chi connectivity index (χ2n) is 10.7. The first kappa shape index (κ1) is 30.3. The van der Waals surface area contributed by atoms with Gasteiger partial charge in [-0.3, -0.25) is 9.59 Å². The van der Waals surface area contributed by atoms with E-state index in [2.05, 4.69) is 10.3 Å². The molecule has 2 N–H and O–H groups in total. The maximum absolute atomic E-state index is 14.7. The molecule has 3 rings (SSSR count). The van der Waals surface area contributed by atoms with E-state index in [0.717, 1.165) is 0 Å². The van der Waals surface area contributed by atoms with Crippen LogP contribution in [0.1, 0.15) is 69.1 Å². The van der Waals surface area contributed by atoms with E-state index >= 15 is 0 Å². The number of hydrogen-bond acceptors (Lipinski definition) is 7. The van der Waals surface area contributed by atoms with E-state index in [9.17, 15) is 23.9 Å². The van der Waals surface area contributed by atoms with Gasteiger partial charge < -0.3 is 24.5 Å². The van der Waals surface area contributed by atoms with Crippen LogP contribution in [0.4, 0.5) is 4.39 Å². The van der Waals surface area contributed by atoms with Crippen molar-refractivity contribution in [1.29, 1.82) is 0 Å². The maximum Gasteiger partial charge on any atom is 0.329 e. The predicted octanol–water partition coefficient (Wildman–Crippen LogP) is 3.61. The van der Waals surface area contributed by atoms with Gasteiger partial charge in [-0.1, -0.05) is 50.6 Å². The number of oxazole rings is 1. The highest BCUT2D eigenvalue weighted by Crippen LogP contribution is 2.26. The van der Waals surface area contributed by atoms with Crippen LogP contribution >= 0.6 is 0 Å². The Bertz CT molecular complexity index is 1120. The molecule has 3 heterocycles. The molecule has 5 atom stereocenters. The third kappa shape index (κ3) is 8.36. The quantitative estimate of drug-likeness (QED) is 0.517. The molecule has 10 heteroatoms. The number of aromatic nitrogens is 1. The molecule has 39 heavy (non-hydrogen) atoms. The zero-order chi connectivity index (χ0) is 28.7. The largest absolute Gasteiger partial charge is 0.460 e. The van der Waals surface area contributed by atoms with Gasteiger partial charge in [0.2, 0.25) is 5.91 Å². The first-order chi connectivity index (χ1) is 18.5. The van der Waals surface area contributed by atoms with Crippen molar-refractivity contribution < 1.29 is 33.0 Å². The van der Waals surface area contributed by atoms with E-state index in [1.54, 1.807) is 32.1 Å². The molecular weight excluding hydrogens is 505 g/mol. The molecule has 1 fully saturated rings. The summed E-state index contributed by atoms with van der Waals surface area (Å²) in [6.07, 6.45) is 5.85. The average Bonchev–Trinajstić information content (AvgIpc) is 3.49. The van der Waals surface area contributed by atoms with Crippen LogP contribution in [0.15, 0.2) is 40.4 Å². The Balaban J connectivity index is 1.88. The molecule has 0 radical (unpaired) electrons. The third-order valence-corrected chi connectivity index (χ3v) is 6.93. The number of nitrogens with zero attached hydrogens (tertiary/aromatic N) is 2. The molecule has 2 bridgehead atoms. The molecule has 1 saturated heterocycles. The highest BCUT2D eigenvalue weighted by molar-refractivity contribution is 5.96. The molecule has 9 nitrogen and oxygen atoms in total. The molecule has 214 valence electrons. The fourth-order valence-electron chi connectivity index (χ4n) is 4.96. The second-order valence-corrected chi connectivity index (χ2v) is 10.7. The number of ether oxygens (including phenoxy) is 1. The number of nitrogens with one attached hydrogen (secondary N) is 1. The van der Waals surface area contributed by atoms with Gasteiger partial charge in [-0.2, -0.15) is 0 Å². The van der Waals surface area contributed by atoms with Crippen LogP contribution in [0.2, 0.25) is 0 Å². The number of amides is 2. The predicted molar refractivity (Wildman–Crippen MR) is 143 cm³/mol. The Morgan fingerprint density at radius 2 is 1.95 bits per heavy atom. The van der Waals surface area contributed by atoms with Crippen LogP contribution in [0, 0.1) is 18.8 Å². The number of rotatable bonds is 1. The van der Waals surface area contributed by atoms with Crippen molar-refractivity contribution in [1.82, 2.24) is 15.2 Å². The monoisotopic (exact) mass is 545 g/mol. The summed E-state index contributed by atoms with van der Waals surface area (Å²) in [6, 6.07) is -0.773. The first-order valence-electron chi connectivity index (χ1n) is 13.6. The normalized spacial score (nSPS) is 31.2. The van der Waals surface area contributed by atoms with Crippen molar-refractivity contribution in [3.8, 4) is 0 Å². The van der Waals surface area contributed by atoms with Gasteiger partial charge in [-0.05, 0) is 38.7 Å². The Labute approximate surface area is 229 Å². The van der Waals surface area contributed by atoms with Gasteiger partial charge in [0.15, 0.2) is 11.6 Å². The molecule has 0 aliphatic carbocycles. The summed E-state index contributed by atoms with van der Waals surface area (Å²) in [5, 5.41) is 13.0. The Kier molecular flexibility index (Phi) is 10.6. The van der Waals surface area contributed by atoms with Gasteiger partial charge in [0.05, 0.1) is 12.5 Å². The number of esters is 1. The summed E-state index contributed by atoms with van der Waals surface area (Å²) in [6.45, 7) is 9.72. The van der Waals surface area contributed by atoms with Crippen molar-refractivity contribution >= 4 is 17.8 Å². The summed E-state index contributed by atoms with van der Waals surface area (Å²) in [5.41, 5.74) is 0.757. The van der Waals surface area contributed by atoms with E-state index in [0.29, 0.717) is 25.0 Å². The van der Waals surface area contributed by atoms with Crippen molar-refractivity contribution in [3.63, 3.8) is 0 Å². The number of halogens is 1. The molecule has 1 aromatic heterocycles. The van der Waals surface area contributed by atoms with Gasteiger partial charge in [-0.25, -0.2) is 14.2 Å². The zero-order valence-corrected chi connectivity index (χ0v) is 23.4. The minimum absolute atomic E-state index is 0.0290. The topological polar surface area (TPSA) is 122 Å². The molecular formula is C29H40FN3O6.